The monoisotopic (exact) mass is 257 g/mol. The molecule has 2 heterocycles. The lowest BCUT2D eigenvalue weighted by Crippen LogP contribution is -2.31. The lowest BCUT2D eigenvalue weighted by atomic mass is 10.0. The lowest BCUT2D eigenvalue weighted by Gasteiger charge is -2.30. The van der Waals surface area contributed by atoms with Crippen molar-refractivity contribution in [2.24, 2.45) is 0 Å². The van der Waals surface area contributed by atoms with Crippen LogP contribution >= 0.6 is 0 Å². The third kappa shape index (κ3) is 2.39. The van der Waals surface area contributed by atoms with Crippen LogP contribution < -0.4 is 0 Å². The first-order valence-corrected chi connectivity index (χ1v) is 7.30. The van der Waals surface area contributed by atoms with Crippen LogP contribution in [0.5, 0.6) is 0 Å². The largest absolute Gasteiger partial charge is 0.327 e. The van der Waals surface area contributed by atoms with E-state index in [0.29, 0.717) is 12.0 Å². The Hall–Kier alpha value is -1.35. The highest BCUT2D eigenvalue weighted by atomic mass is 15.1. The number of hydrogen-bond acceptors (Lipinski definition) is 2. The van der Waals surface area contributed by atoms with E-state index in [1.54, 1.807) is 0 Å². The lowest BCUT2D eigenvalue weighted by molar-refractivity contribution is 0.223. The van der Waals surface area contributed by atoms with Crippen LogP contribution in [0.1, 0.15) is 44.2 Å². The third-order valence-electron chi connectivity index (χ3n) is 4.35. The average molecular weight is 257 g/mol. The Bertz CT molecular complexity index is 562. The summed E-state index contributed by atoms with van der Waals surface area (Å²) in [5.74, 6) is 0.567. The van der Waals surface area contributed by atoms with Gasteiger partial charge >= 0.3 is 0 Å². The number of aromatic nitrogens is 2. The minimum Gasteiger partial charge on any atom is -0.327 e. The molecule has 1 aromatic heterocycles. The molecule has 1 aliphatic heterocycles. The number of likely N-dealkylation sites (tertiary alicyclic amines) is 1. The predicted octanol–water partition coefficient (Wildman–Crippen LogP) is 3.43. The maximum Gasteiger partial charge on any atom is 0.0960 e. The van der Waals surface area contributed by atoms with Crippen molar-refractivity contribution in [3.63, 3.8) is 0 Å². The van der Waals surface area contributed by atoms with Crippen LogP contribution in [-0.4, -0.2) is 34.6 Å². The van der Waals surface area contributed by atoms with Gasteiger partial charge in [-0.05, 0) is 56.6 Å². The normalized spacial score (nSPS) is 18.5. The molecule has 3 nitrogen and oxygen atoms in total. The molecule has 3 rings (SSSR count). The molecule has 0 N–H and O–H groups in total. The number of imidazole rings is 1. The summed E-state index contributed by atoms with van der Waals surface area (Å²) in [5, 5.41) is 0. The summed E-state index contributed by atoms with van der Waals surface area (Å²) >= 11 is 0. The summed E-state index contributed by atoms with van der Waals surface area (Å²) in [6.07, 6.45) is 4.49. The molecule has 3 heteroatoms. The molecule has 1 fully saturated rings. The van der Waals surface area contributed by atoms with E-state index in [1.807, 2.05) is 6.33 Å². The molecule has 0 atom stereocenters. The number of fused-ring (bicyclic) bond motifs is 1. The zero-order chi connectivity index (χ0) is 13.4. The number of benzene rings is 1. The summed E-state index contributed by atoms with van der Waals surface area (Å²) in [4.78, 5) is 7.01. The summed E-state index contributed by atoms with van der Waals surface area (Å²) in [5.41, 5.74) is 3.81. The highest BCUT2D eigenvalue weighted by Gasteiger charge is 2.19. The van der Waals surface area contributed by atoms with Gasteiger partial charge in [0.25, 0.3) is 0 Å². The maximum atomic E-state index is 4.61. The first-order chi connectivity index (χ1) is 9.15. The van der Waals surface area contributed by atoms with Crippen LogP contribution in [0.4, 0.5) is 0 Å². The van der Waals surface area contributed by atoms with Crippen molar-refractivity contribution in [3.05, 3.63) is 30.1 Å². The summed E-state index contributed by atoms with van der Waals surface area (Å²) < 4.78 is 2.38. The van der Waals surface area contributed by atoms with E-state index >= 15 is 0 Å². The highest BCUT2D eigenvalue weighted by molar-refractivity contribution is 5.76. The molecule has 1 aliphatic rings. The number of nitrogens with zero attached hydrogens (tertiary/aromatic N) is 3. The number of piperidine rings is 1. The fourth-order valence-corrected chi connectivity index (χ4v) is 2.97. The standard InChI is InChI=1S/C16H23N3/c1-12(2)13-4-5-16-15(10-13)17-11-19(16)14-6-8-18(3)9-7-14/h4-5,10-12,14H,6-9H2,1-3H3. The van der Waals surface area contributed by atoms with Crippen molar-refractivity contribution in [2.45, 2.75) is 38.6 Å². The van der Waals surface area contributed by atoms with E-state index in [2.05, 4.69) is 53.5 Å². The van der Waals surface area contributed by atoms with Gasteiger partial charge in [0.15, 0.2) is 0 Å². The van der Waals surface area contributed by atoms with E-state index in [0.717, 1.165) is 5.52 Å². The van der Waals surface area contributed by atoms with Gasteiger partial charge in [-0.3, -0.25) is 0 Å². The smallest absolute Gasteiger partial charge is 0.0960 e. The highest BCUT2D eigenvalue weighted by Crippen LogP contribution is 2.27. The Balaban J connectivity index is 1.92. The Kier molecular flexibility index (Phi) is 3.31. The van der Waals surface area contributed by atoms with E-state index in [-0.39, 0.29) is 0 Å². The fraction of sp³-hybridized carbons (Fsp3) is 0.562. The number of rotatable bonds is 2. The van der Waals surface area contributed by atoms with Crippen molar-refractivity contribution in [3.8, 4) is 0 Å². The SMILES string of the molecule is CC(C)c1ccc2c(c1)ncn2C1CCN(C)CC1. The second-order valence-corrected chi connectivity index (χ2v) is 6.09. The average Bonchev–Trinajstić information content (AvgIpc) is 2.82. The number of hydrogen-bond donors (Lipinski definition) is 0. The van der Waals surface area contributed by atoms with Gasteiger partial charge in [-0.15, -0.1) is 0 Å². The van der Waals surface area contributed by atoms with Gasteiger partial charge in [0.1, 0.15) is 0 Å². The second-order valence-electron chi connectivity index (χ2n) is 6.09. The second kappa shape index (κ2) is 4.97. The van der Waals surface area contributed by atoms with Crippen molar-refractivity contribution in [2.75, 3.05) is 20.1 Å². The van der Waals surface area contributed by atoms with Crippen molar-refractivity contribution < 1.29 is 0 Å². The molecule has 0 spiro atoms. The minimum atomic E-state index is 0.567. The molecule has 0 unspecified atom stereocenters. The zero-order valence-electron chi connectivity index (χ0n) is 12.1. The molecule has 0 aliphatic carbocycles. The first kappa shape index (κ1) is 12.7. The minimum absolute atomic E-state index is 0.567. The van der Waals surface area contributed by atoms with E-state index in [9.17, 15) is 0 Å². The van der Waals surface area contributed by atoms with E-state index < -0.39 is 0 Å². The molecule has 0 amide bonds. The van der Waals surface area contributed by atoms with Crippen LogP contribution in [0.25, 0.3) is 11.0 Å². The van der Waals surface area contributed by atoms with Gasteiger partial charge in [-0.2, -0.15) is 0 Å². The Morgan fingerprint density at radius 2 is 1.95 bits per heavy atom. The molecular weight excluding hydrogens is 234 g/mol. The fourth-order valence-electron chi connectivity index (χ4n) is 2.97. The van der Waals surface area contributed by atoms with Crippen molar-refractivity contribution in [1.29, 1.82) is 0 Å². The van der Waals surface area contributed by atoms with Gasteiger partial charge < -0.3 is 9.47 Å². The summed E-state index contributed by atoms with van der Waals surface area (Å²) in [6, 6.07) is 7.35. The van der Waals surface area contributed by atoms with Gasteiger partial charge in [0.2, 0.25) is 0 Å². The Labute approximate surface area is 115 Å². The maximum absolute atomic E-state index is 4.61. The quantitative estimate of drug-likeness (QED) is 0.822. The molecule has 0 saturated carbocycles. The molecule has 19 heavy (non-hydrogen) atoms. The van der Waals surface area contributed by atoms with Gasteiger partial charge in [-0.25, -0.2) is 4.98 Å². The summed E-state index contributed by atoms with van der Waals surface area (Å²) in [6.45, 7) is 6.84. The molecular formula is C16H23N3. The predicted molar refractivity (Wildman–Crippen MR) is 79.6 cm³/mol. The van der Waals surface area contributed by atoms with Crippen LogP contribution in [0, 0.1) is 0 Å². The van der Waals surface area contributed by atoms with E-state index in [4.69, 9.17) is 0 Å². The van der Waals surface area contributed by atoms with Crippen molar-refractivity contribution in [1.82, 2.24) is 14.5 Å². The Morgan fingerprint density at radius 1 is 1.21 bits per heavy atom. The van der Waals surface area contributed by atoms with Crippen LogP contribution in [0.15, 0.2) is 24.5 Å². The molecule has 1 saturated heterocycles. The van der Waals surface area contributed by atoms with Crippen LogP contribution in [-0.2, 0) is 0 Å². The summed E-state index contributed by atoms with van der Waals surface area (Å²) in [7, 11) is 2.21. The topological polar surface area (TPSA) is 21.1 Å². The molecule has 102 valence electrons. The van der Waals surface area contributed by atoms with Gasteiger partial charge in [-0.1, -0.05) is 19.9 Å². The van der Waals surface area contributed by atoms with Crippen molar-refractivity contribution >= 4 is 11.0 Å². The molecule has 0 bridgehead atoms. The van der Waals surface area contributed by atoms with Gasteiger partial charge in [0.05, 0.1) is 17.4 Å². The molecule has 2 aromatic rings. The third-order valence-corrected chi connectivity index (χ3v) is 4.35. The zero-order valence-corrected chi connectivity index (χ0v) is 12.1. The molecule has 0 radical (unpaired) electrons. The van der Waals surface area contributed by atoms with Gasteiger partial charge in [0, 0.05) is 6.04 Å². The molecule has 1 aromatic carbocycles. The van der Waals surface area contributed by atoms with Crippen LogP contribution in [0.3, 0.4) is 0 Å². The van der Waals surface area contributed by atoms with E-state index in [1.165, 1.54) is 37.0 Å². The first-order valence-electron chi connectivity index (χ1n) is 7.30. The Morgan fingerprint density at radius 3 is 2.63 bits per heavy atom. The van der Waals surface area contributed by atoms with Crippen LogP contribution in [0.2, 0.25) is 0 Å².